The normalized spacial score (nSPS) is 10.6. The van der Waals surface area contributed by atoms with Crippen molar-refractivity contribution in [1.82, 2.24) is 10.6 Å². The molecule has 0 fully saturated rings. The largest absolute Gasteiger partial charge is 0.445 e. The molecule has 0 heterocycles. The lowest BCUT2D eigenvalue weighted by molar-refractivity contribution is 0.141. The van der Waals surface area contributed by atoms with Crippen molar-refractivity contribution < 1.29 is 9.53 Å². The Labute approximate surface area is 156 Å². The predicted octanol–water partition coefficient (Wildman–Crippen LogP) is 3.85. The van der Waals surface area contributed by atoms with Gasteiger partial charge in [-0.15, -0.1) is 0 Å². The number of hydrogen-bond donors (Lipinski definition) is 2. The molecule has 0 unspecified atom stereocenters. The van der Waals surface area contributed by atoms with Crippen LogP contribution in [0.15, 0.2) is 54.6 Å². The third-order valence-corrected chi connectivity index (χ3v) is 3.54. The number of amides is 1. The molecule has 0 aliphatic rings. The van der Waals surface area contributed by atoms with Gasteiger partial charge in [-0.1, -0.05) is 54.3 Å². The van der Waals surface area contributed by atoms with E-state index in [-0.39, 0.29) is 18.7 Å². The summed E-state index contributed by atoms with van der Waals surface area (Å²) in [5.74, 6) is 5.96. The summed E-state index contributed by atoms with van der Waals surface area (Å²) in [4.78, 5) is 11.6. The molecule has 136 valence electrons. The Morgan fingerprint density at radius 2 is 1.69 bits per heavy atom. The molecule has 0 radical (unpaired) electrons. The summed E-state index contributed by atoms with van der Waals surface area (Å²) < 4.78 is 5.13. The first-order valence-electron chi connectivity index (χ1n) is 8.70. The summed E-state index contributed by atoms with van der Waals surface area (Å²) in [5.41, 5.74) is 3.19. The molecule has 0 bridgehead atoms. The van der Waals surface area contributed by atoms with Crippen LogP contribution in [-0.4, -0.2) is 18.2 Å². The molecule has 4 nitrogen and oxygen atoms in total. The van der Waals surface area contributed by atoms with Gasteiger partial charge >= 0.3 is 6.09 Å². The Bertz CT molecular complexity index is 751. The maximum absolute atomic E-state index is 11.6. The number of nitrogens with one attached hydrogen (secondary N) is 2. The molecular weight excluding hydrogens is 324 g/mol. The molecule has 0 atom stereocenters. The van der Waals surface area contributed by atoms with Crippen molar-refractivity contribution in [3.8, 4) is 11.8 Å². The number of ether oxygens (including phenoxy) is 1. The molecular formula is C22H26N2O2. The average Bonchev–Trinajstić information content (AvgIpc) is 2.63. The van der Waals surface area contributed by atoms with Crippen molar-refractivity contribution >= 4 is 6.09 Å². The smallest absolute Gasteiger partial charge is 0.408 e. The topological polar surface area (TPSA) is 50.4 Å². The Kier molecular flexibility index (Phi) is 7.25. The molecule has 1 amide bonds. The van der Waals surface area contributed by atoms with E-state index in [0.29, 0.717) is 0 Å². The molecule has 2 N–H and O–H groups in total. The molecule has 4 heteroatoms. The summed E-state index contributed by atoms with van der Waals surface area (Å²) in [6, 6.07) is 17.7. The van der Waals surface area contributed by atoms with E-state index >= 15 is 0 Å². The van der Waals surface area contributed by atoms with Gasteiger partial charge < -0.3 is 15.4 Å². The highest BCUT2D eigenvalue weighted by atomic mass is 16.5. The molecule has 0 saturated heterocycles. The molecule has 0 spiro atoms. The fourth-order valence-corrected chi connectivity index (χ4v) is 2.11. The summed E-state index contributed by atoms with van der Waals surface area (Å²) in [6.45, 7) is 7.76. The third kappa shape index (κ3) is 7.87. The van der Waals surface area contributed by atoms with Crippen molar-refractivity contribution in [2.45, 2.75) is 39.5 Å². The van der Waals surface area contributed by atoms with Gasteiger partial charge in [-0.3, -0.25) is 0 Å². The van der Waals surface area contributed by atoms with Crippen LogP contribution >= 0.6 is 0 Å². The third-order valence-electron chi connectivity index (χ3n) is 3.54. The van der Waals surface area contributed by atoms with E-state index in [1.54, 1.807) is 0 Å². The first-order chi connectivity index (χ1) is 12.4. The molecule has 0 aliphatic carbocycles. The monoisotopic (exact) mass is 350 g/mol. The number of rotatable bonds is 5. The van der Waals surface area contributed by atoms with Gasteiger partial charge in [0.15, 0.2) is 0 Å². The zero-order chi connectivity index (χ0) is 18.8. The van der Waals surface area contributed by atoms with Crippen LogP contribution in [0.3, 0.4) is 0 Å². The number of benzene rings is 2. The van der Waals surface area contributed by atoms with E-state index in [4.69, 9.17) is 4.74 Å². The lowest BCUT2D eigenvalue weighted by Gasteiger charge is -2.20. The lowest BCUT2D eigenvalue weighted by Crippen LogP contribution is -2.35. The fraction of sp³-hybridized carbons (Fsp3) is 0.318. The van der Waals surface area contributed by atoms with Crippen molar-refractivity contribution in [2.24, 2.45) is 0 Å². The van der Waals surface area contributed by atoms with Crippen molar-refractivity contribution in [3.05, 3.63) is 71.3 Å². The van der Waals surface area contributed by atoms with Crippen LogP contribution in [0, 0.1) is 11.8 Å². The van der Waals surface area contributed by atoms with Gasteiger partial charge in [0.2, 0.25) is 0 Å². The fourth-order valence-electron chi connectivity index (χ4n) is 2.11. The second kappa shape index (κ2) is 9.65. The second-order valence-electron chi connectivity index (χ2n) is 7.02. The molecule has 26 heavy (non-hydrogen) atoms. The van der Waals surface area contributed by atoms with Gasteiger partial charge in [-0.05, 0) is 44.0 Å². The minimum Gasteiger partial charge on any atom is -0.445 e. The lowest BCUT2D eigenvalue weighted by atomic mass is 10.1. The maximum Gasteiger partial charge on any atom is 0.408 e. The first kappa shape index (κ1) is 19.6. The summed E-state index contributed by atoms with van der Waals surface area (Å²) in [5, 5.41) is 6.08. The number of alkyl carbamates (subject to hydrolysis) is 1. The van der Waals surface area contributed by atoms with Crippen LogP contribution in [0.25, 0.3) is 0 Å². The van der Waals surface area contributed by atoms with E-state index in [0.717, 1.165) is 17.7 Å². The minimum absolute atomic E-state index is 0.0965. The molecule has 0 saturated carbocycles. The van der Waals surface area contributed by atoms with Gasteiger partial charge in [0.1, 0.15) is 6.61 Å². The van der Waals surface area contributed by atoms with Crippen LogP contribution in [0.5, 0.6) is 0 Å². The van der Waals surface area contributed by atoms with Crippen LogP contribution in [-0.2, 0) is 17.9 Å². The number of hydrogen-bond acceptors (Lipinski definition) is 3. The highest BCUT2D eigenvalue weighted by molar-refractivity contribution is 5.67. The van der Waals surface area contributed by atoms with Gasteiger partial charge in [0.05, 0.1) is 6.54 Å². The van der Waals surface area contributed by atoms with E-state index in [1.165, 1.54) is 5.56 Å². The summed E-state index contributed by atoms with van der Waals surface area (Å²) >= 11 is 0. The van der Waals surface area contributed by atoms with Gasteiger partial charge in [0, 0.05) is 17.6 Å². The molecule has 2 aromatic rings. The Hall–Kier alpha value is -2.77. The zero-order valence-electron chi connectivity index (χ0n) is 15.6. The number of carbonyl (C=O) groups is 1. The predicted molar refractivity (Wildman–Crippen MR) is 105 cm³/mol. The number of carbonyl (C=O) groups excluding carboxylic acids is 1. The highest BCUT2D eigenvalue weighted by Gasteiger charge is 2.07. The Morgan fingerprint density at radius 3 is 2.35 bits per heavy atom. The Balaban J connectivity index is 1.71. The standard InChI is InChI=1S/C22H26N2O2/c1-22(2,3)24-16-19-13-11-18(12-14-19)10-7-15-23-21(25)26-17-20-8-5-4-6-9-20/h4-6,8-9,11-14,24H,15-17H2,1-3H3,(H,23,25). The molecule has 2 aromatic carbocycles. The van der Waals surface area contributed by atoms with E-state index in [2.05, 4.69) is 55.4 Å². The minimum atomic E-state index is -0.466. The Morgan fingerprint density at radius 1 is 1.00 bits per heavy atom. The van der Waals surface area contributed by atoms with Crippen LogP contribution < -0.4 is 10.6 Å². The van der Waals surface area contributed by atoms with Gasteiger partial charge in [-0.2, -0.15) is 0 Å². The molecule has 2 rings (SSSR count). The first-order valence-corrected chi connectivity index (χ1v) is 8.70. The summed E-state index contributed by atoms with van der Waals surface area (Å²) in [7, 11) is 0. The maximum atomic E-state index is 11.6. The highest BCUT2D eigenvalue weighted by Crippen LogP contribution is 2.06. The van der Waals surface area contributed by atoms with Crippen LogP contribution in [0.1, 0.15) is 37.5 Å². The molecule has 0 aliphatic heterocycles. The van der Waals surface area contributed by atoms with E-state index < -0.39 is 6.09 Å². The SMILES string of the molecule is CC(C)(C)NCc1ccc(C#CCNC(=O)OCc2ccccc2)cc1. The van der Waals surface area contributed by atoms with Gasteiger partial charge in [-0.25, -0.2) is 4.79 Å². The summed E-state index contributed by atoms with van der Waals surface area (Å²) in [6.07, 6.45) is -0.466. The average molecular weight is 350 g/mol. The van der Waals surface area contributed by atoms with Crippen molar-refractivity contribution in [3.63, 3.8) is 0 Å². The zero-order valence-corrected chi connectivity index (χ0v) is 15.6. The quantitative estimate of drug-likeness (QED) is 0.805. The van der Waals surface area contributed by atoms with Gasteiger partial charge in [0.25, 0.3) is 0 Å². The second-order valence-corrected chi connectivity index (χ2v) is 7.02. The van der Waals surface area contributed by atoms with Crippen molar-refractivity contribution in [1.29, 1.82) is 0 Å². The van der Waals surface area contributed by atoms with Crippen molar-refractivity contribution in [2.75, 3.05) is 6.54 Å². The molecule has 0 aromatic heterocycles. The van der Waals surface area contributed by atoms with Crippen LogP contribution in [0.2, 0.25) is 0 Å². The van der Waals surface area contributed by atoms with E-state index in [1.807, 2.05) is 42.5 Å². The van der Waals surface area contributed by atoms with Crippen LogP contribution in [0.4, 0.5) is 4.79 Å². The van der Waals surface area contributed by atoms with E-state index in [9.17, 15) is 4.79 Å².